The average Bonchev–Trinajstić information content (AvgIpc) is 3.82. The number of benzene rings is 4. The number of fused-ring (bicyclic) bond motifs is 2. The minimum Gasteiger partial charge on any atom is -0.392 e. The second-order valence-electron chi connectivity index (χ2n) is 15.4. The van der Waals surface area contributed by atoms with Crippen molar-refractivity contribution >= 4 is 112 Å². The number of aliphatic hydroxyl groups excluding tert-OH is 2. The van der Waals surface area contributed by atoms with E-state index in [1.165, 1.54) is 61.2 Å². The molecule has 1 fully saturated rings. The van der Waals surface area contributed by atoms with Gasteiger partial charge < -0.3 is 30.8 Å². The van der Waals surface area contributed by atoms with Gasteiger partial charge in [-0.2, -0.15) is 0 Å². The highest BCUT2D eigenvalue weighted by Gasteiger charge is 2.36. The van der Waals surface area contributed by atoms with Crippen LogP contribution in [0.25, 0.3) is 44.3 Å². The summed E-state index contributed by atoms with van der Waals surface area (Å²) in [5, 5.41) is 21.3. The minimum absolute atomic E-state index is 0.00234. The van der Waals surface area contributed by atoms with Crippen molar-refractivity contribution in [3.8, 4) is 22.3 Å². The van der Waals surface area contributed by atoms with Crippen LogP contribution in [0.4, 0.5) is 31.8 Å². The summed E-state index contributed by atoms with van der Waals surface area (Å²) >= 11 is 24.8. The first kappa shape index (κ1) is 46.1. The molecule has 1 saturated heterocycles. The number of nitrogens with one attached hydrogen (secondary N) is 2. The van der Waals surface area contributed by atoms with Gasteiger partial charge in [0.1, 0.15) is 33.0 Å². The molecule has 0 unspecified atom stereocenters. The molecular formula is C42H34Cl4F2N11O6S2+. The zero-order chi connectivity index (χ0) is 47.9. The van der Waals surface area contributed by atoms with Gasteiger partial charge in [0.15, 0.2) is 11.6 Å². The van der Waals surface area contributed by atoms with E-state index in [0.29, 0.717) is 40.7 Å². The number of nitrogens with zero attached hydrogens (tertiary/aromatic N) is 7. The Morgan fingerprint density at radius 1 is 0.731 bits per heavy atom. The lowest BCUT2D eigenvalue weighted by Gasteiger charge is -2.39. The third kappa shape index (κ3) is 7.97. The van der Waals surface area contributed by atoms with Crippen molar-refractivity contribution in [3.05, 3.63) is 129 Å². The van der Waals surface area contributed by atoms with Gasteiger partial charge in [-0.3, -0.25) is 14.5 Å². The van der Waals surface area contributed by atoms with Crippen molar-refractivity contribution in [2.45, 2.75) is 29.0 Å². The Bertz CT molecular complexity index is 3590. The van der Waals surface area contributed by atoms with E-state index in [2.05, 4.69) is 24.4 Å². The first-order valence-electron chi connectivity index (χ1n) is 19.7. The molecule has 5 heterocycles. The summed E-state index contributed by atoms with van der Waals surface area (Å²) < 4.78 is 96.6. The van der Waals surface area contributed by atoms with Crippen molar-refractivity contribution in [2.75, 3.05) is 39.0 Å². The Hall–Kier alpha value is -6.04. The topological polar surface area (TPSA) is 240 Å². The fourth-order valence-electron chi connectivity index (χ4n) is 8.01. The zero-order valence-electron chi connectivity index (χ0n) is 34.4. The van der Waals surface area contributed by atoms with Crippen LogP contribution in [-0.2, 0) is 40.3 Å². The predicted molar refractivity (Wildman–Crippen MR) is 251 cm³/mol. The van der Waals surface area contributed by atoms with Crippen molar-refractivity contribution < 1.29 is 40.5 Å². The van der Waals surface area contributed by atoms with Crippen LogP contribution in [0.3, 0.4) is 0 Å². The number of hydrogen-bond donors (Lipinski definition) is 6. The van der Waals surface area contributed by atoms with Gasteiger partial charge in [-0.15, -0.1) is 4.68 Å². The van der Waals surface area contributed by atoms with Crippen LogP contribution < -0.4 is 30.6 Å². The molecule has 9 rings (SSSR count). The summed E-state index contributed by atoms with van der Waals surface area (Å²) in [6.07, 6.45) is 6.04. The van der Waals surface area contributed by atoms with Gasteiger partial charge in [-0.1, -0.05) is 75.7 Å². The van der Waals surface area contributed by atoms with Gasteiger partial charge in [-0.05, 0) is 47.5 Å². The summed E-state index contributed by atoms with van der Waals surface area (Å²) in [5.41, 5.74) is 13.9. The number of nitrogen functional groups attached to an aromatic ring is 2. The maximum absolute atomic E-state index is 16.5. The Morgan fingerprint density at radius 3 is 1.78 bits per heavy atom. The smallest absolute Gasteiger partial charge is 0.263 e. The molecule has 1 aliphatic rings. The number of aromatic nitrogens is 6. The predicted octanol–water partition coefficient (Wildman–Crippen LogP) is 6.77. The van der Waals surface area contributed by atoms with Gasteiger partial charge in [0, 0.05) is 51.7 Å². The molecule has 0 radical (unpaired) electrons. The van der Waals surface area contributed by atoms with Gasteiger partial charge >= 0.3 is 0 Å². The van der Waals surface area contributed by atoms with Gasteiger partial charge in [0.25, 0.3) is 25.9 Å². The van der Waals surface area contributed by atoms with Crippen molar-refractivity contribution in [3.63, 3.8) is 0 Å². The molecule has 4 aromatic carbocycles. The number of nitrogens with two attached hydrogens (primary N) is 2. The number of halogens is 6. The van der Waals surface area contributed by atoms with Crippen molar-refractivity contribution in [1.82, 2.24) is 24.1 Å². The third-order valence-electron chi connectivity index (χ3n) is 11.3. The molecular weight excluding hydrogens is 998 g/mol. The molecule has 1 aliphatic heterocycles. The van der Waals surface area contributed by atoms with E-state index in [1.807, 2.05) is 5.01 Å². The van der Waals surface area contributed by atoms with Crippen LogP contribution in [0.5, 0.6) is 0 Å². The molecule has 0 spiro atoms. The Kier molecular flexibility index (Phi) is 11.9. The molecule has 0 amide bonds. The SMILES string of the molecule is Cn1cc(-c2cccc(NS(=O)(=O)c3cc(Cl)cc(CO)c3Cl)c2F)c2c(N)[n+](N3CC(n4cc(-c5cccc(NS(=O)(=O)c6cc(Cl)cc(CO)c6Cl)c5F)c5c(N)ncnc54)C3)cnc21. The average molecular weight is 1030 g/mol. The van der Waals surface area contributed by atoms with Crippen LogP contribution in [0.15, 0.2) is 95.5 Å². The lowest BCUT2D eigenvalue weighted by Crippen LogP contribution is -2.69. The molecule has 25 heteroatoms. The fourth-order valence-corrected chi connectivity index (χ4v) is 12.0. The minimum atomic E-state index is -4.52. The second kappa shape index (κ2) is 17.2. The van der Waals surface area contributed by atoms with Crippen LogP contribution in [0.1, 0.15) is 17.2 Å². The van der Waals surface area contributed by atoms with Crippen LogP contribution in [0.2, 0.25) is 20.1 Å². The molecule has 0 aliphatic carbocycles. The second-order valence-corrected chi connectivity index (χ2v) is 20.3. The maximum atomic E-state index is 16.5. The molecule has 346 valence electrons. The fraction of sp³-hybridized carbons (Fsp3) is 0.143. The quantitative estimate of drug-likeness (QED) is 0.0695. The maximum Gasteiger partial charge on any atom is 0.263 e. The monoisotopic (exact) mass is 1030 g/mol. The number of hydrogen-bond acceptors (Lipinski definition) is 12. The Morgan fingerprint density at radius 2 is 1.25 bits per heavy atom. The van der Waals surface area contributed by atoms with E-state index >= 15 is 8.78 Å². The van der Waals surface area contributed by atoms with E-state index in [4.69, 9.17) is 57.9 Å². The highest BCUT2D eigenvalue weighted by Crippen LogP contribution is 2.41. The molecule has 4 aromatic heterocycles. The molecule has 8 N–H and O–H groups in total. The van der Waals surface area contributed by atoms with Gasteiger partial charge in [0.05, 0.1) is 59.2 Å². The lowest BCUT2D eigenvalue weighted by atomic mass is 10.0. The van der Waals surface area contributed by atoms with E-state index < -0.39 is 66.1 Å². The molecule has 8 aromatic rings. The van der Waals surface area contributed by atoms with Crippen LogP contribution in [0, 0.1) is 11.6 Å². The zero-order valence-corrected chi connectivity index (χ0v) is 39.0. The summed E-state index contributed by atoms with van der Waals surface area (Å²) in [6, 6.07) is 12.8. The lowest BCUT2D eigenvalue weighted by molar-refractivity contribution is -0.689. The number of aryl methyl sites for hydroxylation is 1. The highest BCUT2D eigenvalue weighted by atomic mass is 35.5. The Balaban J connectivity index is 1.02. The Labute approximate surface area is 399 Å². The van der Waals surface area contributed by atoms with E-state index in [1.54, 1.807) is 33.3 Å². The van der Waals surface area contributed by atoms with E-state index in [9.17, 15) is 27.0 Å². The third-order valence-corrected chi connectivity index (χ3v) is 15.6. The van der Waals surface area contributed by atoms with Gasteiger partial charge in [0.2, 0.25) is 12.0 Å². The molecule has 17 nitrogen and oxygen atoms in total. The normalized spacial score (nSPS) is 13.4. The standard InChI is InChI=1S/C42H33Cl4F2N11O6S2/c1-56-14-27(25-4-2-6-29(37(25)47)54-66(62,63)31-10-22(43)8-20(16-60)35(31)45)34-40(50)59(19-53-41(34)56)57-12-24(13-57)58-15-28(33-39(49)51-18-52-42(33)58)26-5-3-7-30(38(26)48)55-67(64,65)32-11-23(44)9-21(17-61)36(32)46/h2-11,14-15,18-19,24,50,54-55,60-61H,12-13,16-17H2,1H3,(H2,49,51,52)/p+1. The number of aliphatic hydroxyl groups is 2. The first-order valence-corrected chi connectivity index (χ1v) is 24.1. The molecule has 0 saturated carbocycles. The highest BCUT2D eigenvalue weighted by molar-refractivity contribution is 7.93. The van der Waals surface area contributed by atoms with Crippen molar-refractivity contribution in [2.24, 2.45) is 7.05 Å². The summed E-state index contributed by atoms with van der Waals surface area (Å²) in [6.45, 7) is -0.550. The van der Waals surface area contributed by atoms with Crippen LogP contribution >= 0.6 is 46.4 Å². The number of rotatable bonds is 12. The van der Waals surface area contributed by atoms with Gasteiger partial charge in [-0.25, -0.2) is 35.6 Å². The molecule has 67 heavy (non-hydrogen) atoms. The molecule has 0 bridgehead atoms. The van der Waals surface area contributed by atoms with Crippen LogP contribution in [-0.4, -0.2) is 64.2 Å². The summed E-state index contributed by atoms with van der Waals surface area (Å²) in [4.78, 5) is 12.3. The molecule has 0 atom stereocenters. The van der Waals surface area contributed by atoms with E-state index in [-0.39, 0.29) is 65.6 Å². The number of sulfonamides is 2. The van der Waals surface area contributed by atoms with E-state index in [0.717, 1.165) is 12.1 Å². The number of anilines is 4. The summed E-state index contributed by atoms with van der Waals surface area (Å²) in [7, 11) is -7.33. The first-order chi connectivity index (χ1) is 31.8. The summed E-state index contributed by atoms with van der Waals surface area (Å²) in [5.74, 6) is -1.63. The van der Waals surface area contributed by atoms with Crippen molar-refractivity contribution in [1.29, 1.82) is 0 Å². The largest absolute Gasteiger partial charge is 0.392 e.